The van der Waals surface area contributed by atoms with E-state index in [1.165, 1.54) is 10.9 Å². The summed E-state index contributed by atoms with van der Waals surface area (Å²) in [4.78, 5) is 5.86. The van der Waals surface area contributed by atoms with Crippen molar-refractivity contribution in [2.45, 2.75) is 6.42 Å². The highest BCUT2D eigenvalue weighted by molar-refractivity contribution is 5.88. The van der Waals surface area contributed by atoms with Crippen molar-refractivity contribution in [3.8, 4) is 5.75 Å². The molecule has 0 bridgehead atoms. The van der Waals surface area contributed by atoms with Crippen molar-refractivity contribution in [1.82, 2.24) is 15.2 Å². The van der Waals surface area contributed by atoms with Gasteiger partial charge in [-0.15, -0.1) is 0 Å². The van der Waals surface area contributed by atoms with Gasteiger partial charge in [-0.1, -0.05) is 12.1 Å². The molecule has 1 aromatic carbocycles. The molecule has 0 saturated carbocycles. The van der Waals surface area contributed by atoms with Crippen LogP contribution in [0.4, 0.5) is 0 Å². The Morgan fingerprint density at radius 3 is 2.89 bits per heavy atom. The van der Waals surface area contributed by atoms with Gasteiger partial charge in [0.05, 0.1) is 12.6 Å². The first kappa shape index (κ1) is 12.5. The number of ether oxygens (including phenoxy) is 1. The number of piperazine rings is 1. The minimum atomic E-state index is 0.922. The molecule has 0 aliphatic carbocycles. The largest absolute Gasteiger partial charge is 0.495 e. The predicted octanol–water partition coefficient (Wildman–Crippen LogP) is 1.62. The van der Waals surface area contributed by atoms with Crippen LogP contribution in [0.15, 0.2) is 24.4 Å². The molecule has 1 aliphatic rings. The third-order valence-corrected chi connectivity index (χ3v) is 3.89. The van der Waals surface area contributed by atoms with E-state index < -0.39 is 0 Å². The summed E-state index contributed by atoms with van der Waals surface area (Å²) < 4.78 is 5.39. The zero-order valence-electron chi connectivity index (χ0n) is 11.4. The van der Waals surface area contributed by atoms with E-state index in [-0.39, 0.29) is 0 Å². The number of nitrogens with zero attached hydrogens (tertiary/aromatic N) is 1. The molecular weight excluding hydrogens is 238 g/mol. The van der Waals surface area contributed by atoms with Crippen molar-refractivity contribution in [3.63, 3.8) is 0 Å². The van der Waals surface area contributed by atoms with Crippen molar-refractivity contribution < 1.29 is 4.74 Å². The maximum Gasteiger partial charge on any atom is 0.142 e. The van der Waals surface area contributed by atoms with Gasteiger partial charge in [0.15, 0.2) is 0 Å². The number of hydrogen-bond acceptors (Lipinski definition) is 3. The maximum absolute atomic E-state index is 5.39. The number of fused-ring (bicyclic) bond motifs is 1. The Balaban J connectivity index is 1.74. The van der Waals surface area contributed by atoms with Crippen LogP contribution in [0.1, 0.15) is 5.56 Å². The Morgan fingerprint density at radius 1 is 1.26 bits per heavy atom. The van der Waals surface area contributed by atoms with Crippen molar-refractivity contribution in [2.24, 2.45) is 0 Å². The molecule has 4 heteroatoms. The molecule has 1 saturated heterocycles. The van der Waals surface area contributed by atoms with Gasteiger partial charge >= 0.3 is 0 Å². The SMILES string of the molecule is COc1cccc2c(CCN3CCNCC3)c[nH]c12. The first-order chi connectivity index (χ1) is 9.38. The molecule has 102 valence electrons. The van der Waals surface area contributed by atoms with Crippen molar-refractivity contribution in [1.29, 1.82) is 0 Å². The summed E-state index contributed by atoms with van der Waals surface area (Å²) in [6.45, 7) is 5.67. The highest BCUT2D eigenvalue weighted by Gasteiger charge is 2.12. The molecule has 0 unspecified atom stereocenters. The molecule has 0 atom stereocenters. The molecule has 1 aromatic heterocycles. The summed E-state index contributed by atoms with van der Waals surface area (Å²) in [6, 6.07) is 6.23. The zero-order chi connectivity index (χ0) is 13.1. The number of hydrogen-bond donors (Lipinski definition) is 2. The zero-order valence-corrected chi connectivity index (χ0v) is 11.4. The van der Waals surface area contributed by atoms with Gasteiger partial charge in [0, 0.05) is 44.3 Å². The molecule has 0 amide bonds. The van der Waals surface area contributed by atoms with Crippen LogP contribution in [0, 0.1) is 0 Å². The quantitative estimate of drug-likeness (QED) is 0.876. The lowest BCUT2D eigenvalue weighted by molar-refractivity contribution is 0.244. The molecule has 2 heterocycles. The molecule has 0 radical (unpaired) electrons. The van der Waals surface area contributed by atoms with Crippen LogP contribution in [-0.2, 0) is 6.42 Å². The Bertz CT molecular complexity index is 543. The van der Waals surface area contributed by atoms with Crippen molar-refractivity contribution >= 4 is 10.9 Å². The van der Waals surface area contributed by atoms with Gasteiger partial charge in [-0.05, 0) is 18.1 Å². The van der Waals surface area contributed by atoms with E-state index in [4.69, 9.17) is 4.74 Å². The van der Waals surface area contributed by atoms with Gasteiger partial charge in [-0.25, -0.2) is 0 Å². The van der Waals surface area contributed by atoms with Gasteiger partial charge in [0.1, 0.15) is 5.75 Å². The molecule has 3 rings (SSSR count). The van der Waals surface area contributed by atoms with Gasteiger partial charge in [0.25, 0.3) is 0 Å². The monoisotopic (exact) mass is 259 g/mol. The fourth-order valence-corrected chi connectivity index (χ4v) is 2.77. The van der Waals surface area contributed by atoms with E-state index in [0.29, 0.717) is 0 Å². The fourth-order valence-electron chi connectivity index (χ4n) is 2.77. The number of H-pyrrole nitrogens is 1. The molecule has 1 fully saturated rings. The van der Waals surface area contributed by atoms with Crippen LogP contribution in [0.3, 0.4) is 0 Å². The summed E-state index contributed by atoms with van der Waals surface area (Å²) >= 11 is 0. The summed E-state index contributed by atoms with van der Waals surface area (Å²) in [6.07, 6.45) is 3.21. The lowest BCUT2D eigenvalue weighted by atomic mass is 10.1. The highest BCUT2D eigenvalue weighted by Crippen LogP contribution is 2.27. The summed E-state index contributed by atoms with van der Waals surface area (Å²) in [5.41, 5.74) is 2.49. The summed E-state index contributed by atoms with van der Waals surface area (Å²) in [7, 11) is 1.72. The number of benzene rings is 1. The molecular formula is C15H21N3O. The van der Waals surface area contributed by atoms with E-state index in [1.54, 1.807) is 7.11 Å². The Labute approximate surface area is 113 Å². The molecule has 1 aliphatic heterocycles. The second kappa shape index (κ2) is 5.63. The molecule has 19 heavy (non-hydrogen) atoms. The van der Waals surface area contributed by atoms with Crippen LogP contribution in [0.25, 0.3) is 10.9 Å². The van der Waals surface area contributed by atoms with Crippen LogP contribution in [0.2, 0.25) is 0 Å². The molecule has 2 aromatic rings. The fraction of sp³-hybridized carbons (Fsp3) is 0.467. The van der Waals surface area contributed by atoms with Crippen LogP contribution in [-0.4, -0.2) is 49.7 Å². The number of para-hydroxylation sites is 1. The number of rotatable bonds is 4. The molecule has 4 nitrogen and oxygen atoms in total. The average Bonchev–Trinajstić information content (AvgIpc) is 2.89. The Kier molecular flexibility index (Phi) is 3.71. The average molecular weight is 259 g/mol. The number of aromatic nitrogens is 1. The van der Waals surface area contributed by atoms with E-state index in [0.717, 1.165) is 50.4 Å². The smallest absolute Gasteiger partial charge is 0.142 e. The number of nitrogens with one attached hydrogen (secondary N) is 2. The van der Waals surface area contributed by atoms with Crippen LogP contribution >= 0.6 is 0 Å². The third-order valence-electron chi connectivity index (χ3n) is 3.89. The summed E-state index contributed by atoms with van der Waals surface area (Å²) in [5.74, 6) is 0.922. The standard InChI is InChI=1S/C15H21N3O/c1-19-14-4-2-3-13-12(11-17-15(13)14)5-8-18-9-6-16-7-10-18/h2-4,11,16-17H,5-10H2,1H3. The summed E-state index contributed by atoms with van der Waals surface area (Å²) in [5, 5.41) is 4.67. The van der Waals surface area contributed by atoms with Crippen LogP contribution < -0.4 is 10.1 Å². The third kappa shape index (κ3) is 2.60. The Morgan fingerprint density at radius 2 is 2.11 bits per heavy atom. The normalized spacial score (nSPS) is 16.9. The van der Waals surface area contributed by atoms with Crippen molar-refractivity contribution in [3.05, 3.63) is 30.0 Å². The van der Waals surface area contributed by atoms with E-state index in [1.807, 2.05) is 6.07 Å². The van der Waals surface area contributed by atoms with E-state index >= 15 is 0 Å². The number of methoxy groups -OCH3 is 1. The topological polar surface area (TPSA) is 40.3 Å². The van der Waals surface area contributed by atoms with Gasteiger partial charge in [-0.2, -0.15) is 0 Å². The first-order valence-electron chi connectivity index (χ1n) is 6.94. The van der Waals surface area contributed by atoms with Gasteiger partial charge < -0.3 is 19.9 Å². The number of aromatic amines is 1. The van der Waals surface area contributed by atoms with Gasteiger partial charge in [-0.3, -0.25) is 0 Å². The van der Waals surface area contributed by atoms with E-state index in [2.05, 4.69) is 33.5 Å². The Hall–Kier alpha value is -1.52. The lowest BCUT2D eigenvalue weighted by Gasteiger charge is -2.26. The van der Waals surface area contributed by atoms with Gasteiger partial charge in [0.2, 0.25) is 0 Å². The predicted molar refractivity (Wildman–Crippen MR) is 77.9 cm³/mol. The highest BCUT2D eigenvalue weighted by atomic mass is 16.5. The van der Waals surface area contributed by atoms with Crippen molar-refractivity contribution in [2.75, 3.05) is 39.8 Å². The first-order valence-corrected chi connectivity index (χ1v) is 6.94. The second-order valence-corrected chi connectivity index (χ2v) is 5.04. The maximum atomic E-state index is 5.39. The minimum Gasteiger partial charge on any atom is -0.495 e. The second-order valence-electron chi connectivity index (χ2n) is 5.04. The van der Waals surface area contributed by atoms with E-state index in [9.17, 15) is 0 Å². The minimum absolute atomic E-state index is 0.922. The molecule has 2 N–H and O–H groups in total. The lowest BCUT2D eigenvalue weighted by Crippen LogP contribution is -2.44. The van der Waals surface area contributed by atoms with Crippen LogP contribution in [0.5, 0.6) is 5.75 Å². The molecule has 0 spiro atoms.